The van der Waals surface area contributed by atoms with Gasteiger partial charge in [0.15, 0.2) is 0 Å². The van der Waals surface area contributed by atoms with Gasteiger partial charge >= 0.3 is 0 Å². The van der Waals surface area contributed by atoms with Crippen LogP contribution in [0.1, 0.15) is 50.7 Å². The standard InChI is InChI=1S/C22H28O/c1-18-10-7-8-13-20(18)23-17-16-21(2)14-9-15-22(21,3)19-11-5-4-6-12-19/h4-8,10-13H,9,14-17H2,1-3H3/t21-,22+/m0/s1. The molecule has 23 heavy (non-hydrogen) atoms. The molecule has 0 spiro atoms. The molecule has 0 aliphatic heterocycles. The Morgan fingerprint density at radius 2 is 1.61 bits per heavy atom. The monoisotopic (exact) mass is 308 g/mol. The van der Waals surface area contributed by atoms with E-state index in [4.69, 9.17) is 4.74 Å². The third-order valence-corrected chi connectivity index (χ3v) is 6.15. The average Bonchev–Trinajstić information content (AvgIpc) is 2.87. The molecule has 1 saturated carbocycles. The van der Waals surface area contributed by atoms with Crippen molar-refractivity contribution in [2.75, 3.05) is 6.61 Å². The van der Waals surface area contributed by atoms with E-state index in [1.54, 1.807) is 0 Å². The Balaban J connectivity index is 1.72. The quantitative estimate of drug-likeness (QED) is 0.667. The molecule has 0 N–H and O–H groups in total. The summed E-state index contributed by atoms with van der Waals surface area (Å²) in [7, 11) is 0. The van der Waals surface area contributed by atoms with Gasteiger partial charge in [0.05, 0.1) is 6.61 Å². The van der Waals surface area contributed by atoms with Gasteiger partial charge < -0.3 is 4.74 Å². The predicted molar refractivity (Wildman–Crippen MR) is 97.0 cm³/mol. The fourth-order valence-corrected chi connectivity index (χ4v) is 4.21. The molecule has 1 heteroatoms. The molecule has 0 saturated heterocycles. The van der Waals surface area contributed by atoms with Gasteiger partial charge in [-0.1, -0.05) is 68.8 Å². The van der Waals surface area contributed by atoms with E-state index >= 15 is 0 Å². The van der Waals surface area contributed by atoms with E-state index in [9.17, 15) is 0 Å². The van der Waals surface area contributed by atoms with Crippen molar-refractivity contribution >= 4 is 0 Å². The molecule has 0 radical (unpaired) electrons. The minimum absolute atomic E-state index is 0.253. The number of aryl methyl sites for hydroxylation is 1. The van der Waals surface area contributed by atoms with Crippen LogP contribution in [-0.2, 0) is 5.41 Å². The topological polar surface area (TPSA) is 9.23 Å². The molecular formula is C22H28O. The van der Waals surface area contributed by atoms with Gasteiger partial charge in [-0.2, -0.15) is 0 Å². The Morgan fingerprint density at radius 1 is 0.913 bits per heavy atom. The number of para-hydroxylation sites is 1. The second-order valence-electron chi connectivity index (χ2n) is 7.48. The van der Waals surface area contributed by atoms with Gasteiger partial charge in [-0.3, -0.25) is 0 Å². The minimum atomic E-state index is 0.253. The maximum absolute atomic E-state index is 6.09. The molecule has 0 unspecified atom stereocenters. The molecule has 1 aliphatic rings. The van der Waals surface area contributed by atoms with Crippen molar-refractivity contribution in [2.45, 2.75) is 51.9 Å². The Morgan fingerprint density at radius 3 is 2.35 bits per heavy atom. The molecule has 1 aliphatic carbocycles. The lowest BCUT2D eigenvalue weighted by atomic mass is 9.63. The molecule has 3 rings (SSSR count). The van der Waals surface area contributed by atoms with E-state index in [1.807, 2.05) is 6.07 Å². The van der Waals surface area contributed by atoms with Crippen LogP contribution < -0.4 is 4.74 Å². The molecule has 2 aromatic rings. The molecular weight excluding hydrogens is 280 g/mol. The molecule has 1 nitrogen and oxygen atoms in total. The molecule has 0 amide bonds. The van der Waals surface area contributed by atoms with E-state index in [1.165, 1.54) is 30.4 Å². The normalized spacial score (nSPS) is 27.1. The Kier molecular flexibility index (Phi) is 4.48. The Bertz CT molecular complexity index is 648. The molecule has 0 bridgehead atoms. The van der Waals surface area contributed by atoms with Crippen LogP contribution in [-0.4, -0.2) is 6.61 Å². The van der Waals surface area contributed by atoms with Crippen LogP contribution in [0.25, 0.3) is 0 Å². The summed E-state index contributed by atoms with van der Waals surface area (Å²) in [6, 6.07) is 19.3. The first-order valence-electron chi connectivity index (χ1n) is 8.79. The van der Waals surface area contributed by atoms with Crippen molar-refractivity contribution in [2.24, 2.45) is 5.41 Å². The highest BCUT2D eigenvalue weighted by molar-refractivity contribution is 5.32. The number of hydrogen-bond acceptors (Lipinski definition) is 1. The first-order chi connectivity index (χ1) is 11.1. The SMILES string of the molecule is Cc1ccccc1OCC[C@]1(C)CCC[C@]1(C)c1ccccc1. The number of ether oxygens (including phenoxy) is 1. The summed E-state index contributed by atoms with van der Waals surface area (Å²) in [6.45, 7) is 7.81. The summed E-state index contributed by atoms with van der Waals surface area (Å²) in [4.78, 5) is 0. The van der Waals surface area contributed by atoms with Gasteiger partial charge in [0.1, 0.15) is 5.75 Å². The zero-order chi connectivity index (χ0) is 16.3. The van der Waals surface area contributed by atoms with Gasteiger partial charge in [-0.05, 0) is 54.2 Å². The van der Waals surface area contributed by atoms with E-state index in [2.05, 4.69) is 69.3 Å². The predicted octanol–water partition coefficient (Wildman–Crippen LogP) is 5.91. The molecule has 2 atom stereocenters. The van der Waals surface area contributed by atoms with E-state index in [0.717, 1.165) is 18.8 Å². The van der Waals surface area contributed by atoms with Crippen LogP contribution in [0.15, 0.2) is 54.6 Å². The van der Waals surface area contributed by atoms with Crippen molar-refractivity contribution in [3.05, 3.63) is 65.7 Å². The van der Waals surface area contributed by atoms with Crippen LogP contribution in [0, 0.1) is 12.3 Å². The number of rotatable bonds is 5. The molecule has 122 valence electrons. The lowest BCUT2D eigenvalue weighted by Gasteiger charge is -2.42. The maximum atomic E-state index is 6.09. The molecule has 1 fully saturated rings. The highest BCUT2D eigenvalue weighted by Gasteiger charge is 2.48. The summed E-state index contributed by atoms with van der Waals surface area (Å²) < 4.78 is 6.09. The summed E-state index contributed by atoms with van der Waals surface area (Å²) in [5, 5.41) is 0. The van der Waals surface area contributed by atoms with Crippen LogP contribution in [0.5, 0.6) is 5.75 Å². The van der Waals surface area contributed by atoms with E-state index < -0.39 is 0 Å². The Hall–Kier alpha value is -1.76. The van der Waals surface area contributed by atoms with Gasteiger partial charge in [-0.15, -0.1) is 0 Å². The third kappa shape index (κ3) is 3.02. The van der Waals surface area contributed by atoms with E-state index in [-0.39, 0.29) is 5.41 Å². The fourth-order valence-electron chi connectivity index (χ4n) is 4.21. The van der Waals surface area contributed by atoms with Crippen molar-refractivity contribution in [3.63, 3.8) is 0 Å². The Labute approximate surface area is 140 Å². The summed E-state index contributed by atoms with van der Waals surface area (Å²) in [6.07, 6.45) is 4.98. The van der Waals surface area contributed by atoms with Crippen LogP contribution >= 0.6 is 0 Å². The van der Waals surface area contributed by atoms with E-state index in [0.29, 0.717) is 5.41 Å². The zero-order valence-corrected chi connectivity index (χ0v) is 14.6. The highest BCUT2D eigenvalue weighted by atomic mass is 16.5. The van der Waals surface area contributed by atoms with Crippen molar-refractivity contribution in [1.82, 2.24) is 0 Å². The van der Waals surface area contributed by atoms with Gasteiger partial charge in [0.25, 0.3) is 0 Å². The fraction of sp³-hybridized carbons (Fsp3) is 0.455. The van der Waals surface area contributed by atoms with Gasteiger partial charge in [0.2, 0.25) is 0 Å². The zero-order valence-electron chi connectivity index (χ0n) is 14.6. The van der Waals surface area contributed by atoms with Crippen molar-refractivity contribution < 1.29 is 4.74 Å². The lowest BCUT2D eigenvalue weighted by Crippen LogP contribution is -2.37. The lowest BCUT2D eigenvalue weighted by molar-refractivity contribution is 0.141. The maximum Gasteiger partial charge on any atom is 0.122 e. The summed E-state index contributed by atoms with van der Waals surface area (Å²) >= 11 is 0. The van der Waals surface area contributed by atoms with Crippen LogP contribution in [0.3, 0.4) is 0 Å². The second kappa shape index (κ2) is 6.39. The van der Waals surface area contributed by atoms with Crippen molar-refractivity contribution in [3.8, 4) is 5.75 Å². The average molecular weight is 308 g/mol. The second-order valence-corrected chi connectivity index (χ2v) is 7.48. The molecule has 2 aromatic carbocycles. The third-order valence-electron chi connectivity index (χ3n) is 6.15. The highest BCUT2D eigenvalue weighted by Crippen LogP contribution is 2.55. The molecule has 0 aromatic heterocycles. The summed E-state index contributed by atoms with van der Waals surface area (Å²) in [5.74, 6) is 1.02. The van der Waals surface area contributed by atoms with Crippen molar-refractivity contribution in [1.29, 1.82) is 0 Å². The number of benzene rings is 2. The molecule has 0 heterocycles. The largest absolute Gasteiger partial charge is 0.493 e. The number of hydrogen-bond donors (Lipinski definition) is 0. The van der Waals surface area contributed by atoms with Crippen LogP contribution in [0.4, 0.5) is 0 Å². The van der Waals surface area contributed by atoms with Gasteiger partial charge in [-0.25, -0.2) is 0 Å². The van der Waals surface area contributed by atoms with Gasteiger partial charge in [0, 0.05) is 0 Å². The van der Waals surface area contributed by atoms with Crippen LogP contribution in [0.2, 0.25) is 0 Å². The smallest absolute Gasteiger partial charge is 0.122 e. The summed E-state index contributed by atoms with van der Waals surface area (Å²) in [5.41, 5.74) is 3.26. The minimum Gasteiger partial charge on any atom is -0.493 e. The first kappa shape index (κ1) is 16.1. The first-order valence-corrected chi connectivity index (χ1v) is 8.79.